The molecular weight excluding hydrogens is 284 g/mol. The second-order valence-corrected chi connectivity index (χ2v) is 4.83. The summed E-state index contributed by atoms with van der Waals surface area (Å²) in [6.45, 7) is 0. The number of rotatable bonds is 4. The summed E-state index contributed by atoms with van der Waals surface area (Å²) in [5, 5.41) is 15.9. The van der Waals surface area contributed by atoms with E-state index in [4.69, 9.17) is 0 Å². The van der Waals surface area contributed by atoms with E-state index in [-0.39, 0.29) is 5.69 Å². The van der Waals surface area contributed by atoms with Gasteiger partial charge in [0.1, 0.15) is 0 Å². The normalized spacial score (nSPS) is 9.91. The third-order valence-electron chi connectivity index (χ3n) is 2.96. The molecule has 2 rings (SSSR count). The third-order valence-corrected chi connectivity index (χ3v) is 2.96. The highest BCUT2D eigenvalue weighted by molar-refractivity contribution is 6.00. The second kappa shape index (κ2) is 6.57. The monoisotopic (exact) mass is 300 g/mol. The van der Waals surface area contributed by atoms with Gasteiger partial charge in [0, 0.05) is 43.3 Å². The van der Waals surface area contributed by atoms with Gasteiger partial charge in [-0.3, -0.25) is 10.1 Å². The highest BCUT2D eigenvalue weighted by Crippen LogP contribution is 2.18. The highest BCUT2D eigenvalue weighted by Gasteiger charge is 2.07. The van der Waals surface area contributed by atoms with Crippen LogP contribution in [-0.2, 0) is 0 Å². The average molecular weight is 300 g/mol. The molecule has 0 radical (unpaired) electrons. The van der Waals surface area contributed by atoms with Gasteiger partial charge in [-0.1, -0.05) is 6.07 Å². The van der Waals surface area contributed by atoms with E-state index >= 15 is 0 Å². The van der Waals surface area contributed by atoms with E-state index in [0.29, 0.717) is 11.4 Å². The van der Waals surface area contributed by atoms with Crippen molar-refractivity contribution < 1.29 is 9.72 Å². The van der Waals surface area contributed by atoms with Crippen LogP contribution in [0.5, 0.6) is 0 Å². The third kappa shape index (κ3) is 3.95. The molecule has 0 atom stereocenters. The van der Waals surface area contributed by atoms with Gasteiger partial charge in [0.2, 0.25) is 0 Å². The van der Waals surface area contributed by atoms with E-state index in [1.54, 1.807) is 6.07 Å². The standard InChI is InChI=1S/C15H16N4O3/c1-18(2)14-5-3-4-12(10-14)17-15(20)16-11-6-8-13(9-7-11)19(21)22/h3-10H,1-2H3,(H2,16,17,20). The smallest absolute Gasteiger partial charge is 0.323 e. The summed E-state index contributed by atoms with van der Waals surface area (Å²) in [5.41, 5.74) is 2.08. The number of anilines is 3. The minimum Gasteiger partial charge on any atom is -0.378 e. The first-order chi connectivity index (χ1) is 10.5. The summed E-state index contributed by atoms with van der Waals surface area (Å²) in [6.07, 6.45) is 0. The molecule has 114 valence electrons. The van der Waals surface area contributed by atoms with E-state index < -0.39 is 11.0 Å². The first-order valence-corrected chi connectivity index (χ1v) is 6.55. The van der Waals surface area contributed by atoms with Crippen LogP contribution in [0, 0.1) is 10.1 Å². The number of nitrogens with one attached hydrogen (secondary N) is 2. The predicted molar refractivity (Wildman–Crippen MR) is 86.5 cm³/mol. The van der Waals surface area contributed by atoms with Crippen LogP contribution < -0.4 is 15.5 Å². The lowest BCUT2D eigenvalue weighted by Gasteiger charge is -2.14. The van der Waals surface area contributed by atoms with E-state index in [2.05, 4.69) is 10.6 Å². The molecule has 0 bridgehead atoms. The second-order valence-electron chi connectivity index (χ2n) is 4.83. The van der Waals surface area contributed by atoms with E-state index in [1.165, 1.54) is 24.3 Å². The van der Waals surface area contributed by atoms with Gasteiger partial charge in [0.25, 0.3) is 5.69 Å². The van der Waals surface area contributed by atoms with Gasteiger partial charge in [-0.05, 0) is 30.3 Å². The minimum atomic E-state index is -0.489. The van der Waals surface area contributed by atoms with Crippen molar-refractivity contribution in [3.63, 3.8) is 0 Å². The van der Waals surface area contributed by atoms with Crippen molar-refractivity contribution in [2.75, 3.05) is 29.6 Å². The Morgan fingerprint density at radius 2 is 1.68 bits per heavy atom. The van der Waals surface area contributed by atoms with E-state index in [0.717, 1.165) is 5.69 Å². The molecule has 22 heavy (non-hydrogen) atoms. The molecule has 0 aliphatic carbocycles. The SMILES string of the molecule is CN(C)c1cccc(NC(=O)Nc2ccc([N+](=O)[O-])cc2)c1. The summed E-state index contributed by atoms with van der Waals surface area (Å²) < 4.78 is 0. The van der Waals surface area contributed by atoms with Crippen molar-refractivity contribution in [3.8, 4) is 0 Å². The van der Waals surface area contributed by atoms with Crippen LogP contribution in [0.1, 0.15) is 0 Å². The largest absolute Gasteiger partial charge is 0.378 e. The topological polar surface area (TPSA) is 87.5 Å². The zero-order valence-electron chi connectivity index (χ0n) is 12.2. The quantitative estimate of drug-likeness (QED) is 0.670. The van der Waals surface area contributed by atoms with Crippen LogP contribution in [0.25, 0.3) is 0 Å². The average Bonchev–Trinajstić information content (AvgIpc) is 2.47. The maximum atomic E-state index is 11.9. The molecule has 0 saturated heterocycles. The van der Waals surface area contributed by atoms with Gasteiger partial charge < -0.3 is 15.5 Å². The maximum absolute atomic E-state index is 11.9. The molecule has 0 fully saturated rings. The number of benzene rings is 2. The molecule has 0 saturated carbocycles. The Hall–Kier alpha value is -3.09. The Labute approximate surface area is 127 Å². The zero-order chi connectivity index (χ0) is 16.1. The zero-order valence-corrected chi connectivity index (χ0v) is 12.2. The molecule has 0 heterocycles. The number of hydrogen-bond acceptors (Lipinski definition) is 4. The summed E-state index contributed by atoms with van der Waals surface area (Å²) >= 11 is 0. The van der Waals surface area contributed by atoms with Crippen molar-refractivity contribution in [3.05, 3.63) is 58.6 Å². The molecule has 7 nitrogen and oxygen atoms in total. The lowest BCUT2D eigenvalue weighted by molar-refractivity contribution is -0.384. The Balaban J connectivity index is 2.00. The molecule has 0 aromatic heterocycles. The van der Waals surface area contributed by atoms with Crippen LogP contribution >= 0.6 is 0 Å². The van der Waals surface area contributed by atoms with Crippen molar-refractivity contribution in [2.24, 2.45) is 0 Å². The number of amides is 2. The Morgan fingerprint density at radius 3 is 2.27 bits per heavy atom. The molecule has 2 amide bonds. The maximum Gasteiger partial charge on any atom is 0.323 e. The number of carbonyl (C=O) groups is 1. The first-order valence-electron chi connectivity index (χ1n) is 6.55. The Bertz CT molecular complexity index is 683. The number of hydrogen-bond donors (Lipinski definition) is 2. The number of non-ortho nitro benzene ring substituents is 1. The van der Waals surface area contributed by atoms with Crippen molar-refractivity contribution in [1.29, 1.82) is 0 Å². The number of carbonyl (C=O) groups excluding carboxylic acids is 1. The lowest BCUT2D eigenvalue weighted by atomic mass is 10.2. The van der Waals surface area contributed by atoms with Crippen LogP contribution in [0.3, 0.4) is 0 Å². The minimum absolute atomic E-state index is 0.0235. The van der Waals surface area contributed by atoms with Crippen molar-refractivity contribution >= 4 is 28.8 Å². The van der Waals surface area contributed by atoms with Crippen LogP contribution in [0.15, 0.2) is 48.5 Å². The van der Waals surface area contributed by atoms with Crippen LogP contribution in [0.2, 0.25) is 0 Å². The molecule has 2 aromatic carbocycles. The van der Waals surface area contributed by atoms with Gasteiger partial charge >= 0.3 is 6.03 Å². The molecule has 2 aromatic rings. The van der Waals surface area contributed by atoms with Gasteiger partial charge in [-0.15, -0.1) is 0 Å². The molecule has 2 N–H and O–H groups in total. The van der Waals surface area contributed by atoms with Crippen LogP contribution in [0.4, 0.5) is 27.5 Å². The number of nitrogens with zero attached hydrogens (tertiary/aromatic N) is 2. The fraction of sp³-hybridized carbons (Fsp3) is 0.133. The number of nitro groups is 1. The molecule has 0 aliphatic rings. The highest BCUT2D eigenvalue weighted by atomic mass is 16.6. The van der Waals surface area contributed by atoms with Crippen molar-refractivity contribution in [2.45, 2.75) is 0 Å². The van der Waals surface area contributed by atoms with Gasteiger partial charge in [0.15, 0.2) is 0 Å². The molecule has 0 aliphatic heterocycles. The van der Waals surface area contributed by atoms with E-state index in [9.17, 15) is 14.9 Å². The number of nitro benzene ring substituents is 1. The van der Waals surface area contributed by atoms with Crippen molar-refractivity contribution in [1.82, 2.24) is 0 Å². The fourth-order valence-corrected chi connectivity index (χ4v) is 1.82. The predicted octanol–water partition coefficient (Wildman–Crippen LogP) is 3.30. The summed E-state index contributed by atoms with van der Waals surface area (Å²) in [5.74, 6) is 0. The summed E-state index contributed by atoms with van der Waals surface area (Å²) in [4.78, 5) is 23.9. The van der Waals surface area contributed by atoms with Crippen LogP contribution in [-0.4, -0.2) is 25.0 Å². The Morgan fingerprint density at radius 1 is 1.05 bits per heavy atom. The first kappa shape index (κ1) is 15.3. The molecule has 0 unspecified atom stereocenters. The van der Waals surface area contributed by atoms with Gasteiger partial charge in [0.05, 0.1) is 4.92 Å². The lowest BCUT2D eigenvalue weighted by Crippen LogP contribution is -2.19. The van der Waals surface area contributed by atoms with Gasteiger partial charge in [-0.25, -0.2) is 4.79 Å². The molecule has 7 heteroatoms. The summed E-state index contributed by atoms with van der Waals surface area (Å²) in [7, 11) is 3.83. The Kier molecular flexibility index (Phi) is 4.57. The molecule has 0 spiro atoms. The van der Waals surface area contributed by atoms with Gasteiger partial charge in [-0.2, -0.15) is 0 Å². The number of urea groups is 1. The summed E-state index contributed by atoms with van der Waals surface area (Å²) in [6, 6.07) is 12.6. The fourth-order valence-electron chi connectivity index (χ4n) is 1.82. The molecular formula is C15H16N4O3. The van der Waals surface area contributed by atoms with E-state index in [1.807, 2.05) is 37.2 Å².